The van der Waals surface area contributed by atoms with Crippen LogP contribution in [0.2, 0.25) is 0 Å². The van der Waals surface area contributed by atoms with E-state index in [0.717, 1.165) is 29.8 Å². The molecule has 0 fully saturated rings. The van der Waals surface area contributed by atoms with E-state index in [9.17, 15) is 0 Å². The molecule has 8 rings (SSSR count). The lowest BCUT2D eigenvalue weighted by molar-refractivity contribution is 1.09. The summed E-state index contributed by atoms with van der Waals surface area (Å²) in [6.45, 7) is 0. The molecule has 0 N–H and O–H groups in total. The Balaban J connectivity index is 1.38. The first-order valence-electron chi connectivity index (χ1n) is 13.2. The van der Waals surface area contributed by atoms with Crippen LogP contribution in [-0.4, -0.2) is 15.3 Å². The molecule has 3 heterocycles. The van der Waals surface area contributed by atoms with Crippen LogP contribution in [-0.2, 0) is 0 Å². The van der Waals surface area contributed by atoms with E-state index in [-0.39, 0.29) is 0 Å². The fourth-order valence-corrected chi connectivity index (χ4v) is 5.95. The molecule has 180 valence electrons. The minimum absolute atomic E-state index is 1.02. The average Bonchev–Trinajstić information content (AvgIpc) is 3.54. The van der Waals surface area contributed by atoms with Crippen LogP contribution in [0.4, 0.5) is 0 Å². The number of allylic oxidation sites excluding steroid dienone is 1. The van der Waals surface area contributed by atoms with Gasteiger partial charge < -0.3 is 9.13 Å². The van der Waals surface area contributed by atoms with Crippen LogP contribution in [0.15, 0.2) is 126 Å². The van der Waals surface area contributed by atoms with Crippen molar-refractivity contribution in [3.63, 3.8) is 0 Å². The summed E-state index contributed by atoms with van der Waals surface area (Å²) in [5, 5.41) is 6.27. The third kappa shape index (κ3) is 3.25. The molecule has 0 saturated heterocycles. The minimum Gasteiger partial charge on any atom is -0.317 e. The first kappa shape index (κ1) is 21.2. The molecule has 0 bridgehead atoms. The molecule has 0 saturated carbocycles. The summed E-state index contributed by atoms with van der Waals surface area (Å²) in [6.07, 6.45) is 8.50. The van der Waals surface area contributed by atoms with E-state index >= 15 is 0 Å². The Morgan fingerprint density at radius 3 is 2.26 bits per heavy atom. The molecule has 0 amide bonds. The second kappa shape index (κ2) is 8.32. The first-order valence-corrected chi connectivity index (χ1v) is 13.2. The smallest absolute Gasteiger partial charge is 0.0659 e. The number of benzene rings is 5. The van der Waals surface area contributed by atoms with Gasteiger partial charge in [0.2, 0.25) is 0 Å². The molecule has 0 spiro atoms. The molecule has 3 nitrogen and oxygen atoms in total. The number of rotatable bonds is 3. The highest BCUT2D eigenvalue weighted by molar-refractivity contribution is 6.15. The number of aliphatic imine (C=N–C) groups is 1. The summed E-state index contributed by atoms with van der Waals surface area (Å²) in [4.78, 5) is 4.67. The lowest BCUT2D eigenvalue weighted by atomic mass is 10.0. The third-order valence-corrected chi connectivity index (χ3v) is 7.74. The van der Waals surface area contributed by atoms with Crippen molar-refractivity contribution in [3.05, 3.63) is 127 Å². The van der Waals surface area contributed by atoms with Crippen LogP contribution in [0.5, 0.6) is 0 Å². The van der Waals surface area contributed by atoms with Gasteiger partial charge >= 0.3 is 0 Å². The van der Waals surface area contributed by atoms with Crippen LogP contribution in [0, 0.1) is 0 Å². The lowest BCUT2D eigenvalue weighted by Crippen LogP contribution is -1.96. The zero-order valence-corrected chi connectivity index (χ0v) is 20.9. The first-order chi connectivity index (χ1) is 18.8. The third-order valence-electron chi connectivity index (χ3n) is 7.74. The van der Waals surface area contributed by atoms with Gasteiger partial charge in [0.15, 0.2) is 0 Å². The summed E-state index contributed by atoms with van der Waals surface area (Å²) < 4.78 is 4.68. The van der Waals surface area contributed by atoms with Crippen molar-refractivity contribution in [2.75, 3.05) is 0 Å². The highest BCUT2D eigenvalue weighted by Gasteiger charge is 2.15. The van der Waals surface area contributed by atoms with Crippen molar-refractivity contribution in [2.24, 2.45) is 4.99 Å². The molecule has 2 aromatic heterocycles. The zero-order chi connectivity index (χ0) is 25.1. The summed E-state index contributed by atoms with van der Waals surface area (Å²) in [7, 11) is 0. The zero-order valence-electron chi connectivity index (χ0n) is 20.9. The molecule has 5 aromatic carbocycles. The summed E-state index contributed by atoms with van der Waals surface area (Å²) in [6, 6.07) is 39.7. The Hall–Kier alpha value is -4.89. The van der Waals surface area contributed by atoms with Gasteiger partial charge in [0.25, 0.3) is 0 Å². The van der Waals surface area contributed by atoms with Crippen molar-refractivity contribution < 1.29 is 0 Å². The molecule has 0 radical (unpaired) electrons. The highest BCUT2D eigenvalue weighted by Crippen LogP contribution is 2.37. The van der Waals surface area contributed by atoms with Crippen molar-refractivity contribution >= 4 is 55.4 Å². The second-order valence-corrected chi connectivity index (χ2v) is 10.0. The fraction of sp³-hybridized carbons (Fsp3) is 0.0571. The average molecular weight is 488 g/mol. The normalized spacial score (nSPS) is 13.6. The SMILES string of the molecule is C1=NC(c2cccc(-n3c4ccccc4c4cc5cc6c(ccn6-c6ccccc6)cc5cc43)c2)=CCC1. The largest absolute Gasteiger partial charge is 0.317 e. The van der Waals surface area contributed by atoms with Crippen LogP contribution in [0.25, 0.3) is 60.6 Å². The van der Waals surface area contributed by atoms with Gasteiger partial charge in [-0.15, -0.1) is 0 Å². The van der Waals surface area contributed by atoms with Crippen LogP contribution in [0.1, 0.15) is 18.4 Å². The number of hydrogen-bond acceptors (Lipinski definition) is 1. The van der Waals surface area contributed by atoms with E-state index in [1.165, 1.54) is 49.2 Å². The fourth-order valence-electron chi connectivity index (χ4n) is 5.95. The van der Waals surface area contributed by atoms with E-state index in [4.69, 9.17) is 0 Å². The molecular weight excluding hydrogens is 462 g/mol. The van der Waals surface area contributed by atoms with E-state index in [2.05, 4.69) is 136 Å². The lowest BCUT2D eigenvalue weighted by Gasteiger charge is -2.12. The summed E-state index contributed by atoms with van der Waals surface area (Å²) >= 11 is 0. The molecule has 3 heteroatoms. The molecule has 0 aliphatic carbocycles. The standard InChI is InChI=1S/C35H25N3/c1-2-10-28(11-3-1)37-18-16-25-19-26-23-35-31(21-27(26)22-34(25)37)30-13-4-5-15-33(30)38(35)29-12-8-9-24(20-29)32-14-6-7-17-36-32/h1-5,8-23H,6-7H2. The minimum atomic E-state index is 1.02. The maximum absolute atomic E-state index is 4.67. The van der Waals surface area contributed by atoms with E-state index in [0.29, 0.717) is 0 Å². The second-order valence-electron chi connectivity index (χ2n) is 10.0. The van der Waals surface area contributed by atoms with Gasteiger partial charge in [0.05, 0.1) is 22.2 Å². The summed E-state index contributed by atoms with van der Waals surface area (Å²) in [5.74, 6) is 0. The van der Waals surface area contributed by atoms with Crippen molar-refractivity contribution in [3.8, 4) is 11.4 Å². The van der Waals surface area contributed by atoms with Gasteiger partial charge in [-0.3, -0.25) is 4.99 Å². The molecule has 1 aliphatic rings. The Labute approximate surface area is 220 Å². The van der Waals surface area contributed by atoms with Crippen LogP contribution >= 0.6 is 0 Å². The maximum Gasteiger partial charge on any atom is 0.0659 e. The summed E-state index contributed by atoms with van der Waals surface area (Å²) in [5.41, 5.74) is 8.22. The van der Waals surface area contributed by atoms with Gasteiger partial charge in [-0.05, 0) is 84.3 Å². The Morgan fingerprint density at radius 1 is 0.553 bits per heavy atom. The van der Waals surface area contributed by atoms with Crippen molar-refractivity contribution in [1.29, 1.82) is 0 Å². The number of para-hydroxylation sites is 2. The number of hydrogen-bond donors (Lipinski definition) is 0. The predicted molar refractivity (Wildman–Crippen MR) is 161 cm³/mol. The van der Waals surface area contributed by atoms with Gasteiger partial charge in [-0.25, -0.2) is 0 Å². The van der Waals surface area contributed by atoms with Gasteiger partial charge in [-0.1, -0.05) is 54.6 Å². The Kier molecular flexibility index (Phi) is 4.65. The Morgan fingerprint density at radius 2 is 1.37 bits per heavy atom. The van der Waals surface area contributed by atoms with Gasteiger partial charge in [0, 0.05) is 45.5 Å². The molecule has 0 unspecified atom stereocenters. The van der Waals surface area contributed by atoms with Crippen molar-refractivity contribution in [2.45, 2.75) is 12.8 Å². The monoisotopic (exact) mass is 487 g/mol. The van der Waals surface area contributed by atoms with E-state index in [1.807, 2.05) is 6.21 Å². The predicted octanol–water partition coefficient (Wildman–Crippen LogP) is 9.09. The topological polar surface area (TPSA) is 22.2 Å². The van der Waals surface area contributed by atoms with E-state index in [1.54, 1.807) is 0 Å². The Bertz CT molecular complexity index is 2070. The quantitative estimate of drug-likeness (QED) is 0.237. The van der Waals surface area contributed by atoms with Crippen LogP contribution < -0.4 is 0 Å². The molecule has 0 atom stereocenters. The number of nitrogens with zero attached hydrogens (tertiary/aromatic N) is 3. The van der Waals surface area contributed by atoms with E-state index < -0.39 is 0 Å². The highest BCUT2D eigenvalue weighted by atomic mass is 15.0. The number of aromatic nitrogens is 2. The molecule has 7 aromatic rings. The maximum atomic E-state index is 4.67. The van der Waals surface area contributed by atoms with Crippen molar-refractivity contribution in [1.82, 2.24) is 9.13 Å². The van der Waals surface area contributed by atoms with Gasteiger partial charge in [-0.2, -0.15) is 0 Å². The molecular formula is C35H25N3. The molecule has 1 aliphatic heterocycles. The number of fused-ring (bicyclic) bond motifs is 5. The van der Waals surface area contributed by atoms with Crippen LogP contribution in [0.3, 0.4) is 0 Å². The van der Waals surface area contributed by atoms with Gasteiger partial charge in [0.1, 0.15) is 0 Å². The molecule has 38 heavy (non-hydrogen) atoms.